The molecule has 0 unspecified atom stereocenters. The normalized spacial score (nSPS) is 15.6. The van der Waals surface area contributed by atoms with Crippen LogP contribution in [0.5, 0.6) is 11.5 Å². The third-order valence-corrected chi connectivity index (χ3v) is 7.14. The molecule has 0 aromatic heterocycles. The van der Waals surface area contributed by atoms with Crippen molar-refractivity contribution in [2.75, 3.05) is 52.3 Å². The molecule has 162 valence electrons. The van der Waals surface area contributed by atoms with Gasteiger partial charge in [0.2, 0.25) is 10.0 Å². The molecule has 0 atom stereocenters. The van der Waals surface area contributed by atoms with Crippen LogP contribution in [0.25, 0.3) is 0 Å². The van der Waals surface area contributed by atoms with E-state index in [9.17, 15) is 13.2 Å². The zero-order valence-corrected chi connectivity index (χ0v) is 18.4. The second-order valence-electron chi connectivity index (χ2n) is 6.90. The van der Waals surface area contributed by atoms with Gasteiger partial charge in [0.1, 0.15) is 11.5 Å². The van der Waals surface area contributed by atoms with Gasteiger partial charge in [0.15, 0.2) is 6.54 Å². The van der Waals surface area contributed by atoms with Gasteiger partial charge in [0, 0.05) is 11.1 Å². The summed E-state index contributed by atoms with van der Waals surface area (Å²) in [4.78, 5) is 13.7. The maximum Gasteiger partial charge on any atom is 0.279 e. The Kier molecular flexibility index (Phi) is 7.19. The van der Waals surface area contributed by atoms with Gasteiger partial charge >= 0.3 is 0 Å². The summed E-state index contributed by atoms with van der Waals surface area (Å²) in [7, 11) is -0.480. The van der Waals surface area contributed by atoms with Crippen LogP contribution in [0, 0.1) is 0 Å². The fourth-order valence-electron chi connectivity index (χ4n) is 3.30. The number of rotatable bonds is 7. The van der Waals surface area contributed by atoms with Gasteiger partial charge in [-0.05, 0) is 36.4 Å². The average molecular weight is 455 g/mol. The number of benzene rings is 2. The number of halogens is 1. The first-order valence-corrected chi connectivity index (χ1v) is 11.3. The van der Waals surface area contributed by atoms with Crippen molar-refractivity contribution in [3.8, 4) is 11.5 Å². The van der Waals surface area contributed by atoms with Crippen molar-refractivity contribution in [1.82, 2.24) is 4.31 Å². The van der Waals surface area contributed by atoms with Gasteiger partial charge in [-0.2, -0.15) is 4.31 Å². The lowest BCUT2D eigenvalue weighted by atomic mass is 10.2. The number of amides is 1. The first-order valence-electron chi connectivity index (χ1n) is 9.44. The number of sulfonamides is 1. The Morgan fingerprint density at radius 2 is 1.77 bits per heavy atom. The summed E-state index contributed by atoms with van der Waals surface area (Å²) in [6.45, 7) is 2.02. The molecule has 10 heteroatoms. The quantitative estimate of drug-likeness (QED) is 0.648. The molecule has 0 spiro atoms. The zero-order valence-electron chi connectivity index (χ0n) is 16.9. The molecule has 2 N–H and O–H groups in total. The van der Waals surface area contributed by atoms with E-state index >= 15 is 0 Å². The highest BCUT2D eigenvalue weighted by Crippen LogP contribution is 2.28. The number of nitrogens with zero attached hydrogens (tertiary/aromatic N) is 1. The summed E-state index contributed by atoms with van der Waals surface area (Å²) in [5.41, 5.74) is 0.562. The van der Waals surface area contributed by atoms with Crippen molar-refractivity contribution in [1.29, 1.82) is 0 Å². The van der Waals surface area contributed by atoms with Gasteiger partial charge in [-0.25, -0.2) is 8.42 Å². The highest BCUT2D eigenvalue weighted by molar-refractivity contribution is 7.89. The van der Waals surface area contributed by atoms with E-state index in [1.165, 1.54) is 23.5 Å². The fourth-order valence-corrected chi connectivity index (χ4v) is 4.87. The van der Waals surface area contributed by atoms with Crippen LogP contribution in [0.1, 0.15) is 0 Å². The molecule has 1 aliphatic heterocycles. The number of piperazine rings is 1. The Balaban J connectivity index is 1.55. The molecule has 3 rings (SSSR count). The summed E-state index contributed by atoms with van der Waals surface area (Å²) in [5.74, 6) is 0.979. The Bertz CT molecular complexity index is 990. The minimum absolute atomic E-state index is 0.164. The first-order chi connectivity index (χ1) is 14.3. The molecule has 1 aliphatic rings. The number of hydrogen-bond acceptors (Lipinski definition) is 5. The van der Waals surface area contributed by atoms with Crippen molar-refractivity contribution in [2.45, 2.75) is 4.90 Å². The van der Waals surface area contributed by atoms with Crippen LogP contribution in [0.15, 0.2) is 47.4 Å². The van der Waals surface area contributed by atoms with Gasteiger partial charge in [-0.1, -0.05) is 11.6 Å². The van der Waals surface area contributed by atoms with Crippen molar-refractivity contribution in [3.05, 3.63) is 47.5 Å². The molecule has 0 bridgehead atoms. The van der Waals surface area contributed by atoms with Gasteiger partial charge < -0.3 is 19.7 Å². The van der Waals surface area contributed by atoms with Crippen molar-refractivity contribution >= 4 is 33.2 Å². The number of quaternary nitrogens is 1. The number of hydrogen-bond donors (Lipinski definition) is 2. The van der Waals surface area contributed by atoms with Crippen molar-refractivity contribution in [3.63, 3.8) is 0 Å². The van der Waals surface area contributed by atoms with Crippen molar-refractivity contribution < 1.29 is 27.6 Å². The second-order valence-corrected chi connectivity index (χ2v) is 9.27. The molecule has 1 saturated heterocycles. The number of methoxy groups -OCH3 is 2. The Morgan fingerprint density at radius 3 is 2.37 bits per heavy atom. The van der Waals surface area contributed by atoms with Crippen LogP contribution in [0.2, 0.25) is 5.02 Å². The van der Waals surface area contributed by atoms with E-state index in [0.29, 0.717) is 48.4 Å². The Hall–Kier alpha value is -2.33. The molecular weight excluding hydrogens is 430 g/mol. The van der Waals surface area contributed by atoms with E-state index in [-0.39, 0.29) is 17.3 Å². The molecular formula is C20H25ClN3O5S+. The minimum atomic E-state index is -3.56. The molecule has 0 radical (unpaired) electrons. The summed E-state index contributed by atoms with van der Waals surface area (Å²) in [6, 6.07) is 11.3. The van der Waals surface area contributed by atoms with Crippen LogP contribution in [-0.2, 0) is 14.8 Å². The number of carbonyl (C=O) groups is 1. The van der Waals surface area contributed by atoms with E-state index in [0.717, 1.165) is 4.90 Å². The number of ether oxygens (including phenoxy) is 2. The zero-order chi connectivity index (χ0) is 21.7. The summed E-state index contributed by atoms with van der Waals surface area (Å²) in [6.07, 6.45) is 0. The van der Waals surface area contributed by atoms with E-state index in [1.54, 1.807) is 37.4 Å². The van der Waals surface area contributed by atoms with E-state index < -0.39 is 10.0 Å². The maximum atomic E-state index is 12.8. The molecule has 2 aromatic carbocycles. The first kappa shape index (κ1) is 22.4. The monoisotopic (exact) mass is 454 g/mol. The summed E-state index contributed by atoms with van der Waals surface area (Å²) < 4.78 is 37.4. The topological polar surface area (TPSA) is 89.4 Å². The molecule has 1 fully saturated rings. The summed E-state index contributed by atoms with van der Waals surface area (Å²) in [5, 5.41) is 3.34. The molecule has 30 heavy (non-hydrogen) atoms. The van der Waals surface area contributed by atoms with Crippen LogP contribution in [-0.4, -0.2) is 65.6 Å². The van der Waals surface area contributed by atoms with E-state index in [4.69, 9.17) is 21.1 Å². The third-order valence-electron chi connectivity index (χ3n) is 4.97. The average Bonchev–Trinajstić information content (AvgIpc) is 2.74. The lowest BCUT2D eigenvalue weighted by molar-refractivity contribution is -0.895. The van der Waals surface area contributed by atoms with Crippen molar-refractivity contribution in [2.24, 2.45) is 0 Å². The highest BCUT2D eigenvalue weighted by Gasteiger charge is 2.31. The lowest BCUT2D eigenvalue weighted by Gasteiger charge is -2.31. The van der Waals surface area contributed by atoms with Crippen LogP contribution >= 0.6 is 11.6 Å². The number of anilines is 1. The number of carbonyl (C=O) groups excluding carboxylic acids is 1. The van der Waals surface area contributed by atoms with E-state index in [1.807, 2.05) is 0 Å². The molecule has 2 aromatic rings. The fraction of sp³-hybridized carbons (Fsp3) is 0.350. The molecule has 0 aliphatic carbocycles. The van der Waals surface area contributed by atoms with Crippen LogP contribution in [0.3, 0.4) is 0 Å². The van der Waals surface area contributed by atoms with Gasteiger partial charge in [0.05, 0.1) is 51.0 Å². The van der Waals surface area contributed by atoms with Crippen LogP contribution < -0.4 is 19.7 Å². The Labute approximate surface area is 181 Å². The molecule has 1 heterocycles. The van der Waals surface area contributed by atoms with Gasteiger partial charge in [-0.15, -0.1) is 0 Å². The van der Waals surface area contributed by atoms with Gasteiger partial charge in [0.25, 0.3) is 5.91 Å². The SMILES string of the molecule is COc1ccc(NC(=O)C[NH+]2CCN(S(=O)(=O)c3ccc(Cl)cc3)CC2)c(OC)c1. The predicted molar refractivity (Wildman–Crippen MR) is 114 cm³/mol. The highest BCUT2D eigenvalue weighted by atomic mass is 35.5. The van der Waals surface area contributed by atoms with E-state index in [2.05, 4.69) is 5.32 Å². The minimum Gasteiger partial charge on any atom is -0.497 e. The standard InChI is InChI=1S/C20H24ClN3O5S/c1-28-16-5-8-18(19(13-16)29-2)22-20(25)14-23-9-11-24(12-10-23)30(26,27)17-6-3-15(21)4-7-17/h3-8,13H,9-12,14H2,1-2H3,(H,22,25)/p+1. The summed E-state index contributed by atoms with van der Waals surface area (Å²) >= 11 is 5.84. The molecule has 1 amide bonds. The predicted octanol–water partition coefficient (Wildman–Crippen LogP) is 0.885. The van der Waals surface area contributed by atoms with Gasteiger partial charge in [-0.3, -0.25) is 4.79 Å². The Morgan fingerprint density at radius 1 is 1.10 bits per heavy atom. The largest absolute Gasteiger partial charge is 0.497 e. The molecule has 8 nitrogen and oxygen atoms in total. The second kappa shape index (κ2) is 9.65. The van der Waals surface area contributed by atoms with Crippen LogP contribution in [0.4, 0.5) is 5.69 Å². The maximum absolute atomic E-state index is 12.8. The molecule has 0 saturated carbocycles. The lowest BCUT2D eigenvalue weighted by Crippen LogP contribution is -3.15. The third kappa shape index (κ3) is 5.23. The smallest absolute Gasteiger partial charge is 0.279 e. The number of nitrogens with one attached hydrogen (secondary N) is 2.